The van der Waals surface area contributed by atoms with Gasteiger partial charge in [-0.05, 0) is 25.1 Å². The van der Waals surface area contributed by atoms with Crippen molar-refractivity contribution in [1.82, 2.24) is 9.78 Å². The second kappa shape index (κ2) is 4.52. The number of benzene rings is 1. The fourth-order valence-corrected chi connectivity index (χ4v) is 1.72. The van der Waals surface area contributed by atoms with Crippen molar-refractivity contribution in [2.24, 2.45) is 0 Å². The molecule has 0 aliphatic heterocycles. The molecule has 0 fully saturated rings. The van der Waals surface area contributed by atoms with Crippen LogP contribution in [-0.4, -0.2) is 29.8 Å². The molecule has 94 valence electrons. The van der Waals surface area contributed by atoms with E-state index in [1.807, 2.05) is 37.2 Å². The zero-order valence-electron chi connectivity index (χ0n) is 10.7. The summed E-state index contributed by atoms with van der Waals surface area (Å²) in [5.74, 6) is 0.136. The summed E-state index contributed by atoms with van der Waals surface area (Å²) in [7, 11) is 3.85. The van der Waals surface area contributed by atoms with E-state index in [4.69, 9.17) is 5.73 Å². The number of nitrogens with two attached hydrogens (primary N) is 1. The number of nitrogens with zero attached hydrogens (tertiary/aromatic N) is 3. The predicted octanol–water partition coefficient (Wildman–Crippen LogP) is 1.53. The maximum absolute atomic E-state index is 12.3. The Morgan fingerprint density at radius 3 is 2.61 bits per heavy atom. The largest absolute Gasteiger partial charge is 0.383 e. The zero-order valence-corrected chi connectivity index (χ0v) is 10.7. The van der Waals surface area contributed by atoms with E-state index in [1.165, 1.54) is 4.68 Å². The first-order valence-corrected chi connectivity index (χ1v) is 5.63. The van der Waals surface area contributed by atoms with E-state index in [0.717, 1.165) is 11.4 Å². The minimum Gasteiger partial charge on any atom is -0.383 e. The van der Waals surface area contributed by atoms with Crippen LogP contribution in [0.25, 0.3) is 0 Å². The molecule has 0 amide bonds. The number of anilines is 2. The Kier molecular flexibility index (Phi) is 3.06. The van der Waals surface area contributed by atoms with E-state index in [9.17, 15) is 4.79 Å². The molecule has 0 aliphatic carbocycles. The molecule has 0 unspecified atom stereocenters. The van der Waals surface area contributed by atoms with Crippen LogP contribution in [0, 0.1) is 6.92 Å². The van der Waals surface area contributed by atoms with Gasteiger partial charge in [-0.25, -0.2) is 0 Å². The number of carbonyl (C=O) groups is 1. The Bertz CT molecular complexity index is 586. The third-order valence-electron chi connectivity index (χ3n) is 2.66. The third kappa shape index (κ3) is 2.20. The first kappa shape index (κ1) is 12.2. The third-order valence-corrected chi connectivity index (χ3v) is 2.66. The monoisotopic (exact) mass is 244 g/mol. The van der Waals surface area contributed by atoms with E-state index in [0.29, 0.717) is 11.4 Å². The molecule has 0 aliphatic rings. The Balaban J connectivity index is 2.40. The summed E-state index contributed by atoms with van der Waals surface area (Å²) in [6.45, 7) is 1.80. The van der Waals surface area contributed by atoms with E-state index in [1.54, 1.807) is 19.1 Å². The van der Waals surface area contributed by atoms with Crippen molar-refractivity contribution in [3.8, 4) is 0 Å². The molecule has 0 bridgehead atoms. The van der Waals surface area contributed by atoms with Crippen LogP contribution in [0.5, 0.6) is 0 Å². The molecule has 0 radical (unpaired) electrons. The van der Waals surface area contributed by atoms with Crippen LogP contribution >= 0.6 is 0 Å². The highest BCUT2D eigenvalue weighted by Gasteiger charge is 2.13. The van der Waals surface area contributed by atoms with Gasteiger partial charge in [-0.1, -0.05) is 6.07 Å². The van der Waals surface area contributed by atoms with Gasteiger partial charge < -0.3 is 10.6 Å². The molecule has 0 saturated carbocycles. The fraction of sp³-hybridized carbons (Fsp3) is 0.231. The maximum Gasteiger partial charge on any atom is 0.280 e. The fourth-order valence-electron chi connectivity index (χ4n) is 1.72. The molecular weight excluding hydrogens is 228 g/mol. The summed E-state index contributed by atoms with van der Waals surface area (Å²) in [4.78, 5) is 14.2. The van der Waals surface area contributed by atoms with Crippen molar-refractivity contribution >= 4 is 17.4 Å². The van der Waals surface area contributed by atoms with E-state index in [-0.39, 0.29) is 5.91 Å². The van der Waals surface area contributed by atoms with Crippen molar-refractivity contribution in [1.29, 1.82) is 0 Å². The number of carbonyl (C=O) groups excluding carboxylic acids is 1. The molecule has 2 aromatic rings. The number of hydrogen-bond donors (Lipinski definition) is 1. The normalized spacial score (nSPS) is 10.4. The van der Waals surface area contributed by atoms with Gasteiger partial charge in [0, 0.05) is 31.4 Å². The van der Waals surface area contributed by atoms with Gasteiger partial charge in [-0.15, -0.1) is 0 Å². The minimum absolute atomic E-state index is 0.218. The van der Waals surface area contributed by atoms with Crippen LogP contribution < -0.4 is 10.6 Å². The number of aromatic nitrogens is 2. The Morgan fingerprint density at radius 1 is 1.33 bits per heavy atom. The first-order valence-electron chi connectivity index (χ1n) is 5.63. The van der Waals surface area contributed by atoms with Gasteiger partial charge in [-0.3, -0.25) is 4.79 Å². The number of rotatable bonds is 2. The highest BCUT2D eigenvalue weighted by atomic mass is 16.2. The average molecular weight is 244 g/mol. The number of nitrogen functional groups attached to an aromatic ring is 1. The number of aryl methyl sites for hydroxylation is 1. The topological polar surface area (TPSA) is 64.2 Å². The first-order chi connectivity index (χ1) is 8.49. The lowest BCUT2D eigenvalue weighted by atomic mass is 10.2. The lowest BCUT2D eigenvalue weighted by Gasteiger charge is -2.13. The van der Waals surface area contributed by atoms with Gasteiger partial charge in [0.05, 0.1) is 5.69 Å². The predicted molar refractivity (Wildman–Crippen MR) is 71.9 cm³/mol. The minimum atomic E-state index is -0.218. The molecule has 1 heterocycles. The quantitative estimate of drug-likeness (QED) is 0.870. The van der Waals surface area contributed by atoms with E-state index >= 15 is 0 Å². The van der Waals surface area contributed by atoms with Gasteiger partial charge in [0.15, 0.2) is 0 Å². The summed E-state index contributed by atoms with van der Waals surface area (Å²) in [5, 5.41) is 4.09. The smallest absolute Gasteiger partial charge is 0.280 e. The SMILES string of the molecule is Cc1cc(N)n(C(=O)c2cccc(N(C)C)c2)n1. The van der Waals surface area contributed by atoms with Crippen LogP contribution in [0.3, 0.4) is 0 Å². The van der Waals surface area contributed by atoms with Crippen LogP contribution in [-0.2, 0) is 0 Å². The van der Waals surface area contributed by atoms with Crippen LogP contribution in [0.4, 0.5) is 11.5 Å². The molecule has 18 heavy (non-hydrogen) atoms. The molecule has 5 heteroatoms. The second-order valence-electron chi connectivity index (χ2n) is 4.37. The van der Waals surface area contributed by atoms with Crippen LogP contribution in [0.1, 0.15) is 16.1 Å². The molecule has 5 nitrogen and oxygen atoms in total. The summed E-state index contributed by atoms with van der Waals surface area (Å²) in [6, 6.07) is 9.03. The van der Waals surface area contributed by atoms with Gasteiger partial charge in [0.25, 0.3) is 5.91 Å². The summed E-state index contributed by atoms with van der Waals surface area (Å²) in [6.07, 6.45) is 0. The standard InChI is InChI=1S/C13H16N4O/c1-9-7-12(14)17(15-9)13(18)10-5-4-6-11(8-10)16(2)3/h4-8H,14H2,1-3H3. The average Bonchev–Trinajstić information content (AvgIpc) is 2.67. The summed E-state index contributed by atoms with van der Waals surface area (Å²) < 4.78 is 1.23. The molecule has 2 rings (SSSR count). The Labute approximate surface area is 106 Å². The van der Waals surface area contributed by atoms with Crippen LogP contribution in [0.2, 0.25) is 0 Å². The highest BCUT2D eigenvalue weighted by molar-refractivity contribution is 5.97. The van der Waals surface area contributed by atoms with Crippen molar-refractivity contribution < 1.29 is 4.79 Å². The van der Waals surface area contributed by atoms with Gasteiger partial charge in [0.1, 0.15) is 5.82 Å². The lowest BCUT2D eigenvalue weighted by Crippen LogP contribution is -2.17. The van der Waals surface area contributed by atoms with Crippen molar-refractivity contribution in [3.63, 3.8) is 0 Å². The van der Waals surface area contributed by atoms with Crippen molar-refractivity contribution in [3.05, 3.63) is 41.6 Å². The zero-order chi connectivity index (χ0) is 13.3. The molecule has 2 N–H and O–H groups in total. The maximum atomic E-state index is 12.3. The Hall–Kier alpha value is -2.30. The van der Waals surface area contributed by atoms with Crippen molar-refractivity contribution in [2.75, 3.05) is 24.7 Å². The lowest BCUT2D eigenvalue weighted by molar-refractivity contribution is 0.0947. The number of hydrogen-bond acceptors (Lipinski definition) is 4. The van der Waals surface area contributed by atoms with Gasteiger partial charge in [-0.2, -0.15) is 9.78 Å². The van der Waals surface area contributed by atoms with E-state index < -0.39 is 0 Å². The van der Waals surface area contributed by atoms with Gasteiger partial charge >= 0.3 is 0 Å². The van der Waals surface area contributed by atoms with Crippen LogP contribution in [0.15, 0.2) is 30.3 Å². The summed E-state index contributed by atoms with van der Waals surface area (Å²) >= 11 is 0. The molecule has 0 spiro atoms. The molecule has 1 aromatic heterocycles. The Morgan fingerprint density at radius 2 is 2.06 bits per heavy atom. The highest BCUT2D eigenvalue weighted by Crippen LogP contribution is 2.16. The molecule has 0 atom stereocenters. The van der Waals surface area contributed by atoms with Gasteiger partial charge in [0.2, 0.25) is 0 Å². The van der Waals surface area contributed by atoms with Crippen molar-refractivity contribution in [2.45, 2.75) is 6.92 Å². The molecule has 0 saturated heterocycles. The summed E-state index contributed by atoms with van der Waals surface area (Å²) in [5.41, 5.74) is 8.00. The second-order valence-corrected chi connectivity index (χ2v) is 4.37. The van der Waals surface area contributed by atoms with E-state index in [2.05, 4.69) is 5.10 Å². The molecule has 1 aromatic carbocycles. The molecular formula is C13H16N4O.